The van der Waals surface area contributed by atoms with E-state index in [0.717, 1.165) is 16.5 Å². The number of aromatic amines is 1. The molecule has 2 amide bonds. The summed E-state index contributed by atoms with van der Waals surface area (Å²) in [5, 5.41) is 15.4. The number of esters is 2. The van der Waals surface area contributed by atoms with Gasteiger partial charge in [-0.05, 0) is 51.7 Å². The molecular formula is C31H43N3O7. The largest absolute Gasteiger partial charge is 0.463 e. The lowest BCUT2D eigenvalue weighted by Crippen LogP contribution is -2.44. The summed E-state index contributed by atoms with van der Waals surface area (Å²) in [7, 11) is 0. The molecule has 0 radical (unpaired) electrons. The Morgan fingerprint density at radius 2 is 1.73 bits per heavy atom. The molecule has 224 valence electrons. The van der Waals surface area contributed by atoms with E-state index in [9.17, 15) is 19.2 Å². The number of hydrogen-bond acceptors (Lipinski definition) is 7. The molecule has 4 N–H and O–H groups in total. The molecule has 1 heterocycles. The van der Waals surface area contributed by atoms with Crippen LogP contribution in [0.2, 0.25) is 0 Å². The van der Waals surface area contributed by atoms with E-state index in [1.54, 1.807) is 32.9 Å². The third-order valence-electron chi connectivity index (χ3n) is 6.22. The van der Waals surface area contributed by atoms with Crippen LogP contribution in [0.1, 0.15) is 52.0 Å². The van der Waals surface area contributed by atoms with Gasteiger partial charge < -0.3 is 30.2 Å². The average molecular weight is 570 g/mol. The number of aliphatic hydroxyl groups excluding tert-OH is 1. The molecule has 2 aromatic rings. The summed E-state index contributed by atoms with van der Waals surface area (Å²) in [5.41, 5.74) is 1.16. The highest BCUT2D eigenvalue weighted by molar-refractivity contribution is 5.86. The van der Waals surface area contributed by atoms with Gasteiger partial charge in [-0.25, -0.2) is 0 Å². The van der Waals surface area contributed by atoms with Crippen LogP contribution in [-0.4, -0.2) is 65.2 Å². The van der Waals surface area contributed by atoms with Crippen molar-refractivity contribution in [3.63, 3.8) is 0 Å². The standard InChI is InChI=1S/C31H43N3O7/c1-6-10-21(17-27(36)32-14-15-35)29(38)34-24(16-23-19-33-26-13-9-8-12-25(23)26)20-40-30(39)22(11-7-2)18-28(37)41-31(3,4)5/h6-9,12-13,19,21-22,24,33,35H,1-2,10-11,14-18,20H2,3-5H3,(H,32,36)(H,34,38)/t21-,22+,24-/m1/s1. The first kappa shape index (κ1) is 33.3. The van der Waals surface area contributed by atoms with Gasteiger partial charge in [0.1, 0.15) is 12.2 Å². The molecule has 3 atom stereocenters. The van der Waals surface area contributed by atoms with E-state index in [0.29, 0.717) is 6.42 Å². The Balaban J connectivity index is 2.19. The first-order chi connectivity index (χ1) is 19.5. The summed E-state index contributed by atoms with van der Waals surface area (Å²) in [6.07, 6.45) is 5.53. The zero-order valence-corrected chi connectivity index (χ0v) is 24.2. The van der Waals surface area contributed by atoms with E-state index >= 15 is 0 Å². The van der Waals surface area contributed by atoms with Crippen LogP contribution in [-0.2, 0) is 35.1 Å². The Kier molecular flexibility index (Phi) is 13.3. The van der Waals surface area contributed by atoms with Crippen molar-refractivity contribution < 1.29 is 33.8 Å². The number of allylic oxidation sites excluding steroid dienone is 2. The molecule has 10 heteroatoms. The molecular weight excluding hydrogens is 526 g/mol. The van der Waals surface area contributed by atoms with Gasteiger partial charge in [-0.1, -0.05) is 30.4 Å². The van der Waals surface area contributed by atoms with Crippen LogP contribution in [0.4, 0.5) is 0 Å². The van der Waals surface area contributed by atoms with Crippen molar-refractivity contribution in [3.05, 3.63) is 61.3 Å². The number of nitrogens with one attached hydrogen (secondary N) is 3. The lowest BCUT2D eigenvalue weighted by atomic mass is 9.98. The summed E-state index contributed by atoms with van der Waals surface area (Å²) in [5.74, 6) is -3.35. The van der Waals surface area contributed by atoms with Crippen LogP contribution < -0.4 is 10.6 Å². The molecule has 0 aliphatic carbocycles. The van der Waals surface area contributed by atoms with Crippen molar-refractivity contribution in [1.82, 2.24) is 15.6 Å². The van der Waals surface area contributed by atoms with Crippen LogP contribution >= 0.6 is 0 Å². The molecule has 0 aliphatic rings. The van der Waals surface area contributed by atoms with E-state index in [-0.39, 0.29) is 57.3 Å². The zero-order chi connectivity index (χ0) is 30.4. The van der Waals surface area contributed by atoms with Gasteiger partial charge in [0.05, 0.1) is 30.9 Å². The Morgan fingerprint density at radius 3 is 2.39 bits per heavy atom. The van der Waals surface area contributed by atoms with Gasteiger partial charge >= 0.3 is 11.9 Å². The van der Waals surface area contributed by atoms with Crippen molar-refractivity contribution >= 4 is 34.7 Å². The molecule has 0 fully saturated rings. The third kappa shape index (κ3) is 11.6. The van der Waals surface area contributed by atoms with Crippen LogP contribution in [0.25, 0.3) is 10.9 Å². The number of amides is 2. The van der Waals surface area contributed by atoms with Crippen LogP contribution in [0.3, 0.4) is 0 Å². The van der Waals surface area contributed by atoms with E-state index < -0.39 is 35.4 Å². The molecule has 0 unspecified atom stereocenters. The van der Waals surface area contributed by atoms with Gasteiger partial charge in [-0.2, -0.15) is 0 Å². The molecule has 0 aliphatic heterocycles. The van der Waals surface area contributed by atoms with Crippen molar-refractivity contribution in [2.24, 2.45) is 11.8 Å². The summed E-state index contributed by atoms with van der Waals surface area (Å²) >= 11 is 0. The first-order valence-electron chi connectivity index (χ1n) is 13.8. The fraction of sp³-hybridized carbons (Fsp3) is 0.484. The maximum absolute atomic E-state index is 13.3. The summed E-state index contributed by atoms with van der Waals surface area (Å²) in [6.45, 7) is 12.4. The second-order valence-electron chi connectivity index (χ2n) is 10.9. The Morgan fingerprint density at radius 1 is 1.05 bits per heavy atom. The minimum atomic E-state index is -0.782. The number of rotatable bonds is 17. The van der Waals surface area contributed by atoms with Gasteiger partial charge in [-0.3, -0.25) is 19.2 Å². The number of aromatic nitrogens is 1. The Bertz CT molecular complexity index is 1200. The fourth-order valence-electron chi connectivity index (χ4n) is 4.36. The molecule has 0 bridgehead atoms. The van der Waals surface area contributed by atoms with Crippen LogP contribution in [0.15, 0.2) is 55.8 Å². The number of ether oxygens (including phenoxy) is 2. The number of hydrogen-bond donors (Lipinski definition) is 4. The number of carbonyl (C=O) groups is 4. The monoisotopic (exact) mass is 569 g/mol. The zero-order valence-electron chi connectivity index (χ0n) is 24.2. The maximum Gasteiger partial charge on any atom is 0.309 e. The van der Waals surface area contributed by atoms with Gasteiger partial charge in [0.15, 0.2) is 0 Å². The third-order valence-corrected chi connectivity index (χ3v) is 6.22. The predicted octanol–water partition coefficient (Wildman–Crippen LogP) is 3.35. The highest BCUT2D eigenvalue weighted by atomic mass is 16.6. The molecule has 0 saturated heterocycles. The number of H-pyrrole nitrogens is 1. The van der Waals surface area contributed by atoms with Gasteiger partial charge in [0.25, 0.3) is 0 Å². The lowest BCUT2D eigenvalue weighted by molar-refractivity contribution is -0.161. The SMILES string of the molecule is C=CC[C@H](CC(=O)NCCO)C(=O)N[C@@H](COC(=O)[C@@H](CC=C)CC(=O)OC(C)(C)C)Cc1c[nH]c2ccccc12. The Labute approximate surface area is 241 Å². The number of fused-ring (bicyclic) bond motifs is 1. The fourth-order valence-corrected chi connectivity index (χ4v) is 4.36. The Hall–Kier alpha value is -3.92. The second-order valence-corrected chi connectivity index (χ2v) is 10.9. The van der Waals surface area contributed by atoms with Crippen molar-refractivity contribution in [1.29, 1.82) is 0 Å². The summed E-state index contributed by atoms with van der Waals surface area (Å²) in [4.78, 5) is 54.2. The first-order valence-corrected chi connectivity index (χ1v) is 13.8. The molecule has 1 aromatic carbocycles. The van der Waals surface area contributed by atoms with Crippen LogP contribution in [0, 0.1) is 11.8 Å². The van der Waals surface area contributed by atoms with Crippen molar-refractivity contribution in [2.75, 3.05) is 19.8 Å². The van der Waals surface area contributed by atoms with Gasteiger partial charge in [-0.15, -0.1) is 13.2 Å². The van der Waals surface area contributed by atoms with Crippen LogP contribution in [0.5, 0.6) is 0 Å². The molecule has 41 heavy (non-hydrogen) atoms. The number of benzene rings is 1. The van der Waals surface area contributed by atoms with Crippen molar-refractivity contribution in [3.8, 4) is 0 Å². The molecule has 0 spiro atoms. The number of para-hydroxylation sites is 1. The summed E-state index contributed by atoms with van der Waals surface area (Å²) < 4.78 is 11.0. The van der Waals surface area contributed by atoms with Gasteiger partial charge in [0.2, 0.25) is 11.8 Å². The maximum atomic E-state index is 13.3. The summed E-state index contributed by atoms with van der Waals surface area (Å²) in [6, 6.07) is 7.10. The normalized spacial score (nSPS) is 13.5. The molecule has 2 rings (SSSR count). The lowest BCUT2D eigenvalue weighted by Gasteiger charge is -2.24. The minimum absolute atomic E-state index is 0.0885. The van der Waals surface area contributed by atoms with Gasteiger partial charge in [0, 0.05) is 30.1 Å². The smallest absolute Gasteiger partial charge is 0.309 e. The molecule has 0 saturated carbocycles. The second kappa shape index (κ2) is 16.4. The predicted molar refractivity (Wildman–Crippen MR) is 157 cm³/mol. The topological polar surface area (TPSA) is 147 Å². The minimum Gasteiger partial charge on any atom is -0.463 e. The van der Waals surface area contributed by atoms with Crippen molar-refractivity contribution in [2.45, 2.75) is 64.5 Å². The average Bonchev–Trinajstić information content (AvgIpc) is 3.31. The highest BCUT2D eigenvalue weighted by Crippen LogP contribution is 2.21. The van der Waals surface area contributed by atoms with E-state index in [1.807, 2.05) is 30.5 Å². The quantitative estimate of drug-likeness (QED) is 0.169. The molecule has 1 aromatic heterocycles. The van der Waals surface area contributed by atoms with E-state index in [1.165, 1.54) is 0 Å². The van der Waals surface area contributed by atoms with E-state index in [4.69, 9.17) is 14.6 Å². The van der Waals surface area contributed by atoms with E-state index in [2.05, 4.69) is 28.8 Å². The number of carbonyl (C=O) groups excluding carboxylic acids is 4. The number of aliphatic hydroxyl groups is 1. The highest BCUT2D eigenvalue weighted by Gasteiger charge is 2.28. The molecule has 10 nitrogen and oxygen atoms in total.